The molecule has 0 radical (unpaired) electrons. The van der Waals surface area contributed by atoms with Gasteiger partial charge in [-0.2, -0.15) is 12.6 Å². The van der Waals surface area contributed by atoms with Crippen LogP contribution in [0.2, 0.25) is 0 Å². The normalized spacial score (nSPS) is 20.6. The van der Waals surface area contributed by atoms with Gasteiger partial charge in [-0.25, -0.2) is 0 Å². The molecule has 0 heterocycles. The molecule has 5 atom stereocenters. The van der Waals surface area contributed by atoms with Gasteiger partial charge in [0.2, 0.25) is 0 Å². The summed E-state index contributed by atoms with van der Waals surface area (Å²) in [5.74, 6) is 1.49. The monoisotopic (exact) mass is 345 g/mol. The largest absolute Gasteiger partial charge is 0.389 e. The lowest BCUT2D eigenvalue weighted by molar-refractivity contribution is -0.0330. The van der Waals surface area contributed by atoms with Crippen molar-refractivity contribution in [2.75, 3.05) is 0 Å². The highest BCUT2D eigenvalue weighted by Crippen LogP contribution is 2.38. The fraction of sp³-hybridized carbons (Fsp3) is 1.00. The van der Waals surface area contributed by atoms with Crippen molar-refractivity contribution in [3.63, 3.8) is 0 Å². The first-order valence-corrected chi connectivity index (χ1v) is 10.2. The van der Waals surface area contributed by atoms with Gasteiger partial charge in [0.1, 0.15) is 0 Å². The van der Waals surface area contributed by atoms with E-state index < -0.39 is 11.1 Å². The van der Waals surface area contributed by atoms with Gasteiger partial charge in [-0.1, -0.05) is 53.4 Å². The third-order valence-corrected chi connectivity index (χ3v) is 6.57. The molecule has 0 aromatic carbocycles. The van der Waals surface area contributed by atoms with Gasteiger partial charge in [0.25, 0.3) is 0 Å². The first-order chi connectivity index (χ1) is 10.5. The SMILES string of the molecule is CCCCC(C)CC(CC(C)C(S)CCC)C(C)(N)C(C)(C)O. The molecule has 0 aromatic heterocycles. The number of rotatable bonds is 12. The van der Waals surface area contributed by atoms with Crippen LogP contribution >= 0.6 is 12.6 Å². The van der Waals surface area contributed by atoms with Gasteiger partial charge in [0.05, 0.1) is 5.60 Å². The predicted molar refractivity (Wildman–Crippen MR) is 107 cm³/mol. The maximum absolute atomic E-state index is 10.6. The van der Waals surface area contributed by atoms with E-state index in [1.165, 1.54) is 25.7 Å². The van der Waals surface area contributed by atoms with Crippen LogP contribution < -0.4 is 5.73 Å². The Balaban J connectivity index is 5.07. The molecule has 3 heteroatoms. The van der Waals surface area contributed by atoms with Crippen molar-refractivity contribution in [1.82, 2.24) is 0 Å². The van der Waals surface area contributed by atoms with Crippen LogP contribution in [0.15, 0.2) is 0 Å². The quantitative estimate of drug-likeness (QED) is 0.413. The molecule has 3 N–H and O–H groups in total. The standard InChI is InChI=1S/C20H43NOS/c1-8-10-12-15(3)13-17(20(7,21)19(5,6)22)14-16(4)18(23)11-9-2/h15-18,22-23H,8-14,21H2,1-7H3. The third kappa shape index (κ3) is 7.79. The molecular formula is C20H43NOS. The molecule has 2 nitrogen and oxygen atoms in total. The van der Waals surface area contributed by atoms with E-state index in [1.54, 1.807) is 0 Å². The molecular weight excluding hydrogens is 302 g/mol. The van der Waals surface area contributed by atoms with Crippen LogP contribution in [0.25, 0.3) is 0 Å². The van der Waals surface area contributed by atoms with Crippen LogP contribution in [-0.2, 0) is 0 Å². The van der Waals surface area contributed by atoms with Gasteiger partial charge in [-0.3, -0.25) is 0 Å². The maximum atomic E-state index is 10.6. The molecule has 0 rings (SSSR count). The van der Waals surface area contributed by atoms with Crippen molar-refractivity contribution in [2.24, 2.45) is 23.5 Å². The van der Waals surface area contributed by atoms with Crippen LogP contribution in [0.5, 0.6) is 0 Å². The molecule has 0 amide bonds. The maximum Gasteiger partial charge on any atom is 0.0770 e. The molecule has 0 fully saturated rings. The fourth-order valence-electron chi connectivity index (χ4n) is 3.43. The topological polar surface area (TPSA) is 46.2 Å². The zero-order valence-corrected chi connectivity index (χ0v) is 17.6. The number of hydrogen-bond acceptors (Lipinski definition) is 3. The van der Waals surface area contributed by atoms with Crippen LogP contribution in [0.1, 0.15) is 93.4 Å². The van der Waals surface area contributed by atoms with Gasteiger partial charge in [0, 0.05) is 10.8 Å². The predicted octanol–water partition coefficient (Wildman–Crippen LogP) is 5.43. The van der Waals surface area contributed by atoms with E-state index in [1.807, 2.05) is 20.8 Å². The van der Waals surface area contributed by atoms with E-state index in [9.17, 15) is 5.11 Å². The van der Waals surface area contributed by atoms with Crippen molar-refractivity contribution < 1.29 is 5.11 Å². The summed E-state index contributed by atoms with van der Waals surface area (Å²) in [6.45, 7) is 14.8. The number of thiol groups is 1. The Hall–Kier alpha value is 0.270. The lowest BCUT2D eigenvalue weighted by Gasteiger charge is -2.45. The van der Waals surface area contributed by atoms with Crippen LogP contribution in [0, 0.1) is 17.8 Å². The Labute approximate surface area is 151 Å². The van der Waals surface area contributed by atoms with Gasteiger partial charge in [-0.05, 0) is 57.8 Å². The van der Waals surface area contributed by atoms with E-state index in [4.69, 9.17) is 18.4 Å². The highest BCUT2D eigenvalue weighted by atomic mass is 32.1. The number of aliphatic hydroxyl groups is 1. The van der Waals surface area contributed by atoms with Crippen LogP contribution in [-0.4, -0.2) is 21.5 Å². The Bertz CT molecular complexity index is 311. The highest BCUT2D eigenvalue weighted by Gasteiger charge is 2.43. The molecule has 0 bridgehead atoms. The summed E-state index contributed by atoms with van der Waals surface area (Å²) in [4.78, 5) is 0. The Kier molecular flexibility index (Phi) is 10.4. The Morgan fingerprint density at radius 2 is 1.57 bits per heavy atom. The van der Waals surface area contributed by atoms with Gasteiger partial charge in [0.15, 0.2) is 0 Å². The second kappa shape index (κ2) is 10.3. The zero-order valence-electron chi connectivity index (χ0n) is 16.7. The molecule has 0 saturated heterocycles. The van der Waals surface area contributed by atoms with Crippen molar-refractivity contribution in [3.05, 3.63) is 0 Å². The second-order valence-electron chi connectivity index (χ2n) is 8.59. The number of unbranched alkanes of at least 4 members (excludes halogenated alkanes) is 1. The Morgan fingerprint density at radius 3 is 2.00 bits per heavy atom. The molecule has 0 saturated carbocycles. The summed E-state index contributed by atoms with van der Waals surface area (Å²) in [6, 6.07) is 0. The molecule has 5 unspecified atom stereocenters. The molecule has 0 aliphatic rings. The van der Waals surface area contributed by atoms with Crippen molar-refractivity contribution in [3.8, 4) is 0 Å². The minimum absolute atomic E-state index is 0.316. The second-order valence-corrected chi connectivity index (χ2v) is 9.25. The zero-order chi connectivity index (χ0) is 18.3. The lowest BCUT2D eigenvalue weighted by Crippen LogP contribution is -2.60. The average Bonchev–Trinajstić information content (AvgIpc) is 2.43. The first kappa shape index (κ1) is 23.3. The summed E-state index contributed by atoms with van der Waals surface area (Å²) >= 11 is 4.79. The fourth-order valence-corrected chi connectivity index (χ4v) is 3.81. The molecule has 0 aliphatic heterocycles. The molecule has 23 heavy (non-hydrogen) atoms. The van der Waals surface area contributed by atoms with Crippen molar-refractivity contribution >= 4 is 12.6 Å². The number of nitrogens with two attached hydrogens (primary N) is 1. The van der Waals surface area contributed by atoms with Gasteiger partial charge in [-0.15, -0.1) is 0 Å². The van der Waals surface area contributed by atoms with Gasteiger partial charge >= 0.3 is 0 Å². The summed E-state index contributed by atoms with van der Waals surface area (Å²) in [6.07, 6.45) is 8.22. The Morgan fingerprint density at radius 1 is 1.00 bits per heavy atom. The smallest absolute Gasteiger partial charge is 0.0770 e. The summed E-state index contributed by atoms with van der Waals surface area (Å²) in [7, 11) is 0. The van der Waals surface area contributed by atoms with Gasteiger partial charge < -0.3 is 10.8 Å². The minimum atomic E-state index is -0.876. The lowest BCUT2D eigenvalue weighted by atomic mass is 9.67. The van der Waals surface area contributed by atoms with E-state index in [2.05, 4.69) is 27.7 Å². The molecule has 0 aliphatic carbocycles. The minimum Gasteiger partial charge on any atom is -0.389 e. The van der Waals surface area contributed by atoms with E-state index in [0.29, 0.717) is 23.0 Å². The van der Waals surface area contributed by atoms with Crippen molar-refractivity contribution in [1.29, 1.82) is 0 Å². The molecule has 0 spiro atoms. The summed E-state index contributed by atoms with van der Waals surface area (Å²) < 4.78 is 0. The van der Waals surface area contributed by atoms with Crippen LogP contribution in [0.4, 0.5) is 0 Å². The molecule has 0 aromatic rings. The number of hydrogen-bond donors (Lipinski definition) is 3. The third-order valence-electron chi connectivity index (χ3n) is 5.80. The van der Waals surface area contributed by atoms with Crippen LogP contribution in [0.3, 0.4) is 0 Å². The average molecular weight is 346 g/mol. The van der Waals surface area contributed by atoms with E-state index >= 15 is 0 Å². The van der Waals surface area contributed by atoms with E-state index in [0.717, 1.165) is 19.3 Å². The summed E-state index contributed by atoms with van der Waals surface area (Å²) in [5.41, 5.74) is 5.20. The van der Waals surface area contributed by atoms with Crippen molar-refractivity contribution in [2.45, 2.75) is 110 Å². The van der Waals surface area contributed by atoms with E-state index in [-0.39, 0.29) is 0 Å². The first-order valence-electron chi connectivity index (χ1n) is 9.66. The highest BCUT2D eigenvalue weighted by molar-refractivity contribution is 7.81. The summed E-state index contributed by atoms with van der Waals surface area (Å²) in [5, 5.41) is 11.0. The molecule has 140 valence electrons.